The molecule has 1 N–H and O–H groups in total. The average Bonchev–Trinajstić information content (AvgIpc) is 2.86. The predicted molar refractivity (Wildman–Crippen MR) is 86.8 cm³/mol. The molecule has 0 bridgehead atoms. The topological polar surface area (TPSA) is 89.9 Å². The summed E-state index contributed by atoms with van der Waals surface area (Å²) in [6.07, 6.45) is 1.59. The highest BCUT2D eigenvalue weighted by Gasteiger charge is 2.26. The zero-order valence-electron chi connectivity index (χ0n) is 13.1. The van der Waals surface area contributed by atoms with Crippen LogP contribution in [0.2, 0.25) is 0 Å². The van der Waals surface area contributed by atoms with Crippen molar-refractivity contribution in [2.75, 3.05) is 6.26 Å². The number of aromatic carboxylic acids is 1. The number of carboxylic acids is 1. The highest BCUT2D eigenvalue weighted by molar-refractivity contribution is 7.90. The van der Waals surface area contributed by atoms with Crippen LogP contribution in [0.4, 0.5) is 0 Å². The van der Waals surface area contributed by atoms with E-state index < -0.39 is 15.8 Å². The number of hydrogen-bond donors (Lipinski definition) is 1. The molecule has 0 aliphatic carbocycles. The van der Waals surface area contributed by atoms with Crippen molar-refractivity contribution in [3.63, 3.8) is 0 Å². The number of carbonyl (C=O) groups is 1. The maximum absolute atomic E-state index is 11.5. The second-order valence-corrected chi connectivity index (χ2v) is 7.75. The molecular weight excluding hydrogens is 332 g/mol. The Balaban J connectivity index is 1.92. The first-order valence-corrected chi connectivity index (χ1v) is 9.18. The van der Waals surface area contributed by atoms with Crippen LogP contribution in [-0.2, 0) is 16.3 Å². The third kappa shape index (κ3) is 3.21. The van der Waals surface area contributed by atoms with E-state index in [9.17, 15) is 18.3 Å². The van der Waals surface area contributed by atoms with Gasteiger partial charge >= 0.3 is 5.97 Å². The number of carboxylic acid groups (broad SMARTS) is 1. The quantitative estimate of drug-likeness (QED) is 0.914. The summed E-state index contributed by atoms with van der Waals surface area (Å²) in [6, 6.07) is 9.02. The molecule has 2 aromatic rings. The summed E-state index contributed by atoms with van der Waals surface area (Å²) in [5.41, 5.74) is 0.814. The zero-order valence-corrected chi connectivity index (χ0v) is 14.0. The minimum absolute atomic E-state index is 0.0811. The fourth-order valence-electron chi connectivity index (χ4n) is 2.62. The van der Waals surface area contributed by atoms with Gasteiger partial charge < -0.3 is 14.6 Å². The van der Waals surface area contributed by atoms with Crippen LogP contribution >= 0.6 is 0 Å². The molecule has 24 heavy (non-hydrogen) atoms. The summed E-state index contributed by atoms with van der Waals surface area (Å²) in [4.78, 5) is 11.6. The third-order valence-electron chi connectivity index (χ3n) is 3.72. The molecule has 0 amide bonds. The number of benzene rings is 2. The van der Waals surface area contributed by atoms with Crippen LogP contribution in [0.25, 0.3) is 0 Å². The number of ether oxygens (including phenoxy) is 2. The van der Waals surface area contributed by atoms with Gasteiger partial charge in [0, 0.05) is 24.3 Å². The van der Waals surface area contributed by atoms with Crippen LogP contribution in [0.5, 0.6) is 17.2 Å². The lowest BCUT2D eigenvalue weighted by Crippen LogP contribution is -2.06. The van der Waals surface area contributed by atoms with E-state index in [0.717, 1.165) is 6.26 Å². The minimum atomic E-state index is -3.28. The van der Waals surface area contributed by atoms with E-state index in [0.29, 0.717) is 29.2 Å². The number of sulfone groups is 1. The Morgan fingerprint density at radius 2 is 1.88 bits per heavy atom. The van der Waals surface area contributed by atoms with Crippen molar-refractivity contribution in [3.05, 3.63) is 47.5 Å². The molecule has 3 rings (SSSR count). The molecule has 6 nitrogen and oxygen atoms in total. The molecule has 0 fully saturated rings. The van der Waals surface area contributed by atoms with E-state index in [1.165, 1.54) is 30.3 Å². The van der Waals surface area contributed by atoms with Gasteiger partial charge in [0.2, 0.25) is 0 Å². The maximum Gasteiger partial charge on any atom is 0.336 e. The smallest absolute Gasteiger partial charge is 0.336 e. The van der Waals surface area contributed by atoms with Crippen molar-refractivity contribution in [3.8, 4) is 17.2 Å². The van der Waals surface area contributed by atoms with Gasteiger partial charge in [0.25, 0.3) is 0 Å². The third-order valence-corrected chi connectivity index (χ3v) is 4.85. The van der Waals surface area contributed by atoms with Gasteiger partial charge in [-0.3, -0.25) is 0 Å². The fraction of sp³-hybridized carbons (Fsp3) is 0.235. The molecule has 1 aliphatic rings. The van der Waals surface area contributed by atoms with Crippen molar-refractivity contribution in [1.29, 1.82) is 0 Å². The van der Waals surface area contributed by atoms with Gasteiger partial charge in [-0.05, 0) is 37.3 Å². The van der Waals surface area contributed by atoms with Crippen molar-refractivity contribution in [1.82, 2.24) is 0 Å². The van der Waals surface area contributed by atoms with Crippen LogP contribution in [-0.4, -0.2) is 31.9 Å². The number of rotatable bonds is 4. The molecule has 0 saturated carbocycles. The standard InChI is InChI=1S/C17H16O6S/c1-10-7-14-15(17(18)19)8-12(9-16(14)22-10)23-11-3-5-13(6-4-11)24(2,20)21/h3-6,8-10H,7H2,1-2H3,(H,18,19). The van der Waals surface area contributed by atoms with Gasteiger partial charge in [-0.25, -0.2) is 13.2 Å². The summed E-state index contributed by atoms with van der Waals surface area (Å²) in [7, 11) is -3.28. The van der Waals surface area contributed by atoms with Gasteiger partial charge in [0.1, 0.15) is 23.4 Å². The molecule has 2 aromatic carbocycles. The van der Waals surface area contributed by atoms with Gasteiger partial charge in [-0.15, -0.1) is 0 Å². The van der Waals surface area contributed by atoms with Crippen molar-refractivity contribution in [2.24, 2.45) is 0 Å². The van der Waals surface area contributed by atoms with Gasteiger partial charge in [-0.1, -0.05) is 0 Å². The van der Waals surface area contributed by atoms with E-state index in [-0.39, 0.29) is 16.6 Å². The van der Waals surface area contributed by atoms with E-state index in [1.54, 1.807) is 6.07 Å². The van der Waals surface area contributed by atoms with Crippen LogP contribution in [0.15, 0.2) is 41.3 Å². The summed E-state index contributed by atoms with van der Waals surface area (Å²) in [6.45, 7) is 1.87. The SMILES string of the molecule is CC1Cc2c(cc(Oc3ccc(S(C)(=O)=O)cc3)cc2C(=O)O)O1. The van der Waals surface area contributed by atoms with Crippen LogP contribution in [0.3, 0.4) is 0 Å². The average molecular weight is 348 g/mol. The molecule has 0 radical (unpaired) electrons. The largest absolute Gasteiger partial charge is 0.490 e. The number of hydrogen-bond acceptors (Lipinski definition) is 5. The highest BCUT2D eigenvalue weighted by atomic mass is 32.2. The summed E-state index contributed by atoms with van der Waals surface area (Å²) in [5, 5.41) is 9.37. The Morgan fingerprint density at radius 1 is 1.21 bits per heavy atom. The Bertz CT molecular complexity index is 899. The van der Waals surface area contributed by atoms with Crippen molar-refractivity contribution >= 4 is 15.8 Å². The summed E-state index contributed by atoms with van der Waals surface area (Å²) >= 11 is 0. The molecule has 0 spiro atoms. The lowest BCUT2D eigenvalue weighted by atomic mass is 10.0. The first-order chi connectivity index (χ1) is 11.2. The minimum Gasteiger partial charge on any atom is -0.490 e. The lowest BCUT2D eigenvalue weighted by molar-refractivity contribution is 0.0695. The lowest BCUT2D eigenvalue weighted by Gasteiger charge is -2.10. The van der Waals surface area contributed by atoms with E-state index in [2.05, 4.69) is 0 Å². The van der Waals surface area contributed by atoms with Crippen LogP contribution in [0.1, 0.15) is 22.8 Å². The molecule has 7 heteroatoms. The molecule has 0 aromatic heterocycles. The zero-order chi connectivity index (χ0) is 17.5. The van der Waals surface area contributed by atoms with E-state index >= 15 is 0 Å². The van der Waals surface area contributed by atoms with Crippen LogP contribution in [0, 0.1) is 0 Å². The second-order valence-electron chi connectivity index (χ2n) is 5.73. The Labute approximate surface area is 139 Å². The van der Waals surface area contributed by atoms with E-state index in [1.807, 2.05) is 6.92 Å². The van der Waals surface area contributed by atoms with Gasteiger partial charge in [-0.2, -0.15) is 0 Å². The molecule has 1 unspecified atom stereocenters. The van der Waals surface area contributed by atoms with Crippen LogP contribution < -0.4 is 9.47 Å². The predicted octanol–water partition coefficient (Wildman–Crippen LogP) is 2.90. The molecule has 1 heterocycles. The number of fused-ring (bicyclic) bond motifs is 1. The maximum atomic E-state index is 11.5. The Morgan fingerprint density at radius 3 is 2.46 bits per heavy atom. The van der Waals surface area contributed by atoms with Crippen molar-refractivity contribution < 1.29 is 27.8 Å². The van der Waals surface area contributed by atoms with E-state index in [4.69, 9.17) is 9.47 Å². The summed E-state index contributed by atoms with van der Waals surface area (Å²) < 4.78 is 34.2. The van der Waals surface area contributed by atoms with Crippen molar-refractivity contribution in [2.45, 2.75) is 24.3 Å². The fourth-order valence-corrected chi connectivity index (χ4v) is 3.25. The highest BCUT2D eigenvalue weighted by Crippen LogP contribution is 2.37. The first kappa shape index (κ1) is 16.3. The normalized spacial score (nSPS) is 16.3. The summed E-state index contributed by atoms with van der Waals surface area (Å²) in [5.74, 6) is 0.198. The molecular formula is C17H16O6S. The molecule has 126 valence electrons. The molecule has 1 atom stereocenters. The van der Waals surface area contributed by atoms with Gasteiger partial charge in [0.15, 0.2) is 9.84 Å². The first-order valence-electron chi connectivity index (χ1n) is 7.29. The molecule has 1 aliphatic heterocycles. The molecule has 0 saturated heterocycles. The Kier molecular flexibility index (Phi) is 3.96. The monoisotopic (exact) mass is 348 g/mol. The second kappa shape index (κ2) is 5.83. The van der Waals surface area contributed by atoms with Gasteiger partial charge in [0.05, 0.1) is 10.5 Å². The Hall–Kier alpha value is -2.54.